The van der Waals surface area contributed by atoms with Gasteiger partial charge >= 0.3 is 0 Å². The van der Waals surface area contributed by atoms with Crippen LogP contribution >= 0.6 is 0 Å². The predicted octanol–water partition coefficient (Wildman–Crippen LogP) is 1.69. The van der Waals surface area contributed by atoms with Crippen molar-refractivity contribution in [2.45, 2.75) is 51.0 Å². The lowest BCUT2D eigenvalue weighted by Gasteiger charge is -2.28. The molecule has 0 spiro atoms. The molecule has 0 amide bonds. The maximum Gasteiger partial charge on any atom is 0.240 e. The summed E-state index contributed by atoms with van der Waals surface area (Å²) in [5.41, 5.74) is 0.166. The number of hydrogen-bond donors (Lipinski definition) is 2. The van der Waals surface area contributed by atoms with E-state index in [1.807, 2.05) is 20.8 Å². The van der Waals surface area contributed by atoms with Crippen LogP contribution < -0.4 is 9.03 Å². The fourth-order valence-electron chi connectivity index (χ4n) is 2.72. The van der Waals surface area contributed by atoms with Gasteiger partial charge < -0.3 is 5.11 Å². The predicted molar refractivity (Wildman–Crippen MR) is 102 cm³/mol. The van der Waals surface area contributed by atoms with Crippen LogP contribution in [0.3, 0.4) is 0 Å². The monoisotopic (exact) mass is 404 g/mol. The van der Waals surface area contributed by atoms with Gasteiger partial charge in [-0.15, -0.1) is 0 Å². The molecule has 2 N–H and O–H groups in total. The third-order valence-corrected chi connectivity index (χ3v) is 7.84. The Labute approximate surface area is 156 Å². The van der Waals surface area contributed by atoms with Crippen molar-refractivity contribution in [3.63, 3.8) is 0 Å². The summed E-state index contributed by atoms with van der Waals surface area (Å²) in [6.45, 7) is 6.21. The molecule has 1 unspecified atom stereocenters. The first kappa shape index (κ1) is 21.1. The van der Waals surface area contributed by atoms with Gasteiger partial charge in [-0.2, -0.15) is 0 Å². The standard InChI is InChI=1S/C17H28N2O5S2/c1-17(2,3)16(20)10-11-18-26(23,24)15-8-6-14(7-9-15)19-12-4-5-13-25(19,21)22/h6-9,16,18,20H,4-5,10-13H2,1-3H3. The molecule has 1 aromatic carbocycles. The molecule has 0 aliphatic carbocycles. The zero-order chi connectivity index (χ0) is 19.6. The molecule has 1 heterocycles. The lowest BCUT2D eigenvalue weighted by molar-refractivity contribution is 0.0571. The zero-order valence-electron chi connectivity index (χ0n) is 15.5. The van der Waals surface area contributed by atoms with Crippen molar-refractivity contribution >= 4 is 25.7 Å². The Morgan fingerprint density at radius 3 is 2.35 bits per heavy atom. The van der Waals surface area contributed by atoms with E-state index in [1.165, 1.54) is 28.6 Å². The fourth-order valence-corrected chi connectivity index (χ4v) is 5.40. The van der Waals surface area contributed by atoms with Crippen molar-refractivity contribution in [3.8, 4) is 0 Å². The molecular formula is C17H28N2O5S2. The number of anilines is 1. The second-order valence-electron chi connectivity index (χ2n) is 7.66. The summed E-state index contributed by atoms with van der Waals surface area (Å²) in [7, 11) is -7.03. The third-order valence-electron chi connectivity index (χ3n) is 4.49. The smallest absolute Gasteiger partial charge is 0.240 e. The Kier molecular flexibility index (Phi) is 6.37. The maximum atomic E-state index is 12.4. The molecule has 1 aromatic rings. The molecule has 0 saturated carbocycles. The second-order valence-corrected chi connectivity index (χ2v) is 11.4. The van der Waals surface area contributed by atoms with E-state index < -0.39 is 26.2 Å². The van der Waals surface area contributed by atoms with Crippen LogP contribution in [0.2, 0.25) is 0 Å². The number of rotatable bonds is 6. The minimum atomic E-state index is -3.71. The van der Waals surface area contributed by atoms with Gasteiger partial charge in [0.2, 0.25) is 20.0 Å². The number of nitrogens with one attached hydrogen (secondary N) is 1. The van der Waals surface area contributed by atoms with Gasteiger partial charge in [0.05, 0.1) is 22.4 Å². The van der Waals surface area contributed by atoms with Crippen LogP contribution in [0.25, 0.3) is 0 Å². The number of hydrogen-bond acceptors (Lipinski definition) is 5. The summed E-state index contributed by atoms with van der Waals surface area (Å²) in [4.78, 5) is 0.0703. The van der Waals surface area contributed by atoms with Gasteiger partial charge in [-0.1, -0.05) is 20.8 Å². The van der Waals surface area contributed by atoms with Gasteiger partial charge in [-0.05, 0) is 48.9 Å². The van der Waals surface area contributed by atoms with Crippen molar-refractivity contribution in [1.29, 1.82) is 0 Å². The van der Waals surface area contributed by atoms with Crippen molar-refractivity contribution in [1.82, 2.24) is 4.72 Å². The fraction of sp³-hybridized carbons (Fsp3) is 0.647. The molecular weight excluding hydrogens is 376 g/mol. The van der Waals surface area contributed by atoms with E-state index in [2.05, 4.69) is 4.72 Å². The second kappa shape index (κ2) is 7.84. The first-order chi connectivity index (χ1) is 11.9. The first-order valence-corrected chi connectivity index (χ1v) is 11.8. The third kappa shape index (κ3) is 5.18. The summed E-state index contributed by atoms with van der Waals surface area (Å²) in [5, 5.41) is 9.99. The SMILES string of the molecule is CC(C)(C)C(O)CCNS(=O)(=O)c1ccc(N2CCCCS2(=O)=O)cc1. The van der Waals surface area contributed by atoms with Crippen molar-refractivity contribution < 1.29 is 21.9 Å². The average Bonchev–Trinajstić information content (AvgIpc) is 2.53. The quantitative estimate of drug-likeness (QED) is 0.751. The van der Waals surface area contributed by atoms with Gasteiger partial charge in [0.1, 0.15) is 0 Å². The van der Waals surface area contributed by atoms with Gasteiger partial charge in [0.15, 0.2) is 0 Å². The van der Waals surface area contributed by atoms with Crippen molar-refractivity contribution in [2.24, 2.45) is 5.41 Å². The highest BCUT2D eigenvalue weighted by Crippen LogP contribution is 2.25. The zero-order valence-corrected chi connectivity index (χ0v) is 17.1. The summed E-state index contributed by atoms with van der Waals surface area (Å²) in [6.07, 6.45) is 1.14. The van der Waals surface area contributed by atoms with Crippen LogP contribution in [0.15, 0.2) is 29.2 Å². The minimum Gasteiger partial charge on any atom is -0.393 e. The van der Waals surface area contributed by atoms with Gasteiger partial charge in [-0.3, -0.25) is 4.31 Å². The van der Waals surface area contributed by atoms with E-state index in [-0.39, 0.29) is 22.6 Å². The van der Waals surface area contributed by atoms with Gasteiger partial charge in [0, 0.05) is 13.1 Å². The van der Waals surface area contributed by atoms with Crippen molar-refractivity contribution in [2.75, 3.05) is 23.1 Å². The Bertz CT molecular complexity index is 812. The van der Waals surface area contributed by atoms with Crippen LogP contribution in [0.1, 0.15) is 40.0 Å². The molecule has 0 aromatic heterocycles. The van der Waals surface area contributed by atoms with E-state index in [4.69, 9.17) is 0 Å². The average molecular weight is 405 g/mol. The molecule has 1 aliphatic rings. The highest BCUT2D eigenvalue weighted by Gasteiger charge is 2.26. The van der Waals surface area contributed by atoms with E-state index in [0.29, 0.717) is 25.1 Å². The number of aliphatic hydroxyl groups excluding tert-OH is 1. The summed E-state index contributed by atoms with van der Waals surface area (Å²) < 4.78 is 52.8. The van der Waals surface area contributed by atoms with Crippen LogP contribution in [0.4, 0.5) is 5.69 Å². The molecule has 1 aliphatic heterocycles. The van der Waals surface area contributed by atoms with E-state index in [1.54, 1.807) is 0 Å². The van der Waals surface area contributed by atoms with Crippen LogP contribution in [0, 0.1) is 5.41 Å². The molecule has 148 valence electrons. The van der Waals surface area contributed by atoms with E-state index in [0.717, 1.165) is 6.42 Å². The number of sulfonamides is 2. The Balaban J connectivity index is 2.05. The van der Waals surface area contributed by atoms with Crippen molar-refractivity contribution in [3.05, 3.63) is 24.3 Å². The topological polar surface area (TPSA) is 104 Å². The number of nitrogens with zero attached hydrogens (tertiary/aromatic N) is 1. The van der Waals surface area contributed by atoms with E-state index in [9.17, 15) is 21.9 Å². The molecule has 0 radical (unpaired) electrons. The van der Waals surface area contributed by atoms with Gasteiger partial charge in [0.25, 0.3) is 0 Å². The largest absolute Gasteiger partial charge is 0.393 e. The highest BCUT2D eigenvalue weighted by atomic mass is 32.2. The first-order valence-electron chi connectivity index (χ1n) is 8.72. The maximum absolute atomic E-state index is 12.4. The van der Waals surface area contributed by atoms with Crippen LogP contribution in [0.5, 0.6) is 0 Å². The summed E-state index contributed by atoms with van der Waals surface area (Å²) in [6, 6.07) is 5.84. The van der Waals surface area contributed by atoms with E-state index >= 15 is 0 Å². The Hall–Kier alpha value is -1.16. The molecule has 7 nitrogen and oxygen atoms in total. The molecule has 2 rings (SSSR count). The molecule has 26 heavy (non-hydrogen) atoms. The molecule has 0 bridgehead atoms. The van der Waals surface area contributed by atoms with Crippen LogP contribution in [-0.2, 0) is 20.0 Å². The molecule has 1 atom stereocenters. The Morgan fingerprint density at radius 2 is 1.81 bits per heavy atom. The van der Waals surface area contributed by atoms with Gasteiger partial charge in [-0.25, -0.2) is 21.6 Å². The summed E-state index contributed by atoms with van der Waals surface area (Å²) in [5.74, 6) is 0.116. The lowest BCUT2D eigenvalue weighted by atomic mass is 9.87. The summed E-state index contributed by atoms with van der Waals surface area (Å²) >= 11 is 0. The normalized spacial score (nSPS) is 19.3. The minimum absolute atomic E-state index is 0.0703. The van der Waals surface area contributed by atoms with Crippen LogP contribution in [-0.4, -0.2) is 46.9 Å². The molecule has 1 fully saturated rings. The number of aliphatic hydroxyl groups is 1. The lowest BCUT2D eigenvalue weighted by Crippen LogP contribution is -2.37. The molecule has 1 saturated heterocycles. The molecule has 9 heteroatoms. The highest BCUT2D eigenvalue weighted by molar-refractivity contribution is 7.92. The number of benzene rings is 1. The Morgan fingerprint density at radius 1 is 1.19 bits per heavy atom.